The fourth-order valence-electron chi connectivity index (χ4n) is 2.54. The minimum absolute atomic E-state index is 0.151. The summed E-state index contributed by atoms with van der Waals surface area (Å²) in [4.78, 5) is 11.8. The van der Waals surface area contributed by atoms with Crippen molar-refractivity contribution in [1.82, 2.24) is 5.32 Å². The molecule has 104 valence electrons. The van der Waals surface area contributed by atoms with Gasteiger partial charge in [-0.3, -0.25) is 4.79 Å². The molecule has 0 aliphatic heterocycles. The molecule has 0 spiro atoms. The average Bonchev–Trinajstić information content (AvgIpc) is 2.40. The first kappa shape index (κ1) is 14.1. The number of hydrogen-bond donors (Lipinski definition) is 2. The van der Waals surface area contributed by atoms with E-state index in [0.717, 1.165) is 0 Å². The van der Waals surface area contributed by atoms with Gasteiger partial charge in [0.15, 0.2) is 0 Å². The zero-order chi connectivity index (χ0) is 13.5. The molecule has 1 saturated carbocycles. The highest BCUT2D eigenvalue weighted by Gasteiger charge is 2.21. The van der Waals surface area contributed by atoms with E-state index in [1.165, 1.54) is 24.8 Å². The molecule has 0 aromatic heterocycles. The van der Waals surface area contributed by atoms with Crippen molar-refractivity contribution in [1.29, 1.82) is 0 Å². The number of carbonyl (C=O) groups excluding carboxylic acids is 1. The van der Waals surface area contributed by atoms with Crippen LogP contribution in [-0.2, 0) is 4.79 Å². The van der Waals surface area contributed by atoms with Crippen LogP contribution in [-0.4, -0.2) is 24.2 Å². The SMILES string of the molecule is O=C(CC1CCC1)NCC(CCO)c1ccccc1. The van der Waals surface area contributed by atoms with Crippen molar-refractivity contribution >= 4 is 5.91 Å². The van der Waals surface area contributed by atoms with Crippen LogP contribution in [0, 0.1) is 5.92 Å². The van der Waals surface area contributed by atoms with E-state index >= 15 is 0 Å². The Hall–Kier alpha value is -1.35. The van der Waals surface area contributed by atoms with Gasteiger partial charge in [0.1, 0.15) is 0 Å². The van der Waals surface area contributed by atoms with Gasteiger partial charge in [0.25, 0.3) is 0 Å². The molecule has 1 aliphatic carbocycles. The molecular formula is C16H23NO2. The molecule has 0 bridgehead atoms. The van der Waals surface area contributed by atoms with Gasteiger partial charge in [-0.1, -0.05) is 36.8 Å². The van der Waals surface area contributed by atoms with Gasteiger partial charge in [0.2, 0.25) is 5.91 Å². The zero-order valence-electron chi connectivity index (χ0n) is 11.3. The number of aliphatic hydroxyl groups is 1. The summed E-state index contributed by atoms with van der Waals surface area (Å²) in [6, 6.07) is 10.1. The van der Waals surface area contributed by atoms with Crippen molar-refractivity contribution in [2.75, 3.05) is 13.2 Å². The van der Waals surface area contributed by atoms with Crippen LogP contribution in [0.25, 0.3) is 0 Å². The highest BCUT2D eigenvalue weighted by atomic mass is 16.3. The predicted molar refractivity (Wildman–Crippen MR) is 75.9 cm³/mol. The summed E-state index contributed by atoms with van der Waals surface area (Å²) < 4.78 is 0. The molecule has 1 atom stereocenters. The van der Waals surface area contributed by atoms with E-state index in [9.17, 15) is 4.79 Å². The van der Waals surface area contributed by atoms with E-state index in [-0.39, 0.29) is 18.4 Å². The first-order valence-electron chi connectivity index (χ1n) is 7.22. The third-order valence-electron chi connectivity index (χ3n) is 3.99. The standard InChI is InChI=1S/C16H23NO2/c18-10-9-15(14-7-2-1-3-8-14)12-17-16(19)11-13-5-4-6-13/h1-3,7-8,13,15,18H,4-6,9-12H2,(H,17,19). The third-order valence-corrected chi connectivity index (χ3v) is 3.99. The molecule has 1 aliphatic rings. The van der Waals surface area contributed by atoms with Crippen LogP contribution in [0.3, 0.4) is 0 Å². The van der Waals surface area contributed by atoms with Gasteiger partial charge < -0.3 is 10.4 Å². The maximum Gasteiger partial charge on any atom is 0.220 e. The topological polar surface area (TPSA) is 49.3 Å². The van der Waals surface area contributed by atoms with Crippen LogP contribution in [0.4, 0.5) is 0 Å². The van der Waals surface area contributed by atoms with Gasteiger partial charge in [0.05, 0.1) is 0 Å². The largest absolute Gasteiger partial charge is 0.396 e. The van der Waals surface area contributed by atoms with E-state index in [0.29, 0.717) is 25.3 Å². The van der Waals surface area contributed by atoms with Gasteiger partial charge in [-0.05, 0) is 30.7 Å². The molecule has 0 heterocycles. The Morgan fingerprint density at radius 2 is 2.05 bits per heavy atom. The highest BCUT2D eigenvalue weighted by molar-refractivity contribution is 5.76. The normalized spacial score (nSPS) is 16.7. The van der Waals surface area contributed by atoms with Gasteiger partial charge in [-0.2, -0.15) is 0 Å². The van der Waals surface area contributed by atoms with E-state index in [1.807, 2.05) is 18.2 Å². The summed E-state index contributed by atoms with van der Waals surface area (Å²) in [7, 11) is 0. The highest BCUT2D eigenvalue weighted by Crippen LogP contribution is 2.29. The first-order valence-corrected chi connectivity index (χ1v) is 7.22. The minimum atomic E-state index is 0.151. The second-order valence-electron chi connectivity index (χ2n) is 5.43. The molecule has 1 aromatic rings. The third kappa shape index (κ3) is 4.35. The summed E-state index contributed by atoms with van der Waals surface area (Å²) in [6.07, 6.45) is 5.03. The van der Waals surface area contributed by atoms with E-state index in [4.69, 9.17) is 5.11 Å². The number of benzene rings is 1. The maximum absolute atomic E-state index is 11.8. The lowest BCUT2D eigenvalue weighted by molar-refractivity contribution is -0.122. The van der Waals surface area contributed by atoms with Crippen molar-refractivity contribution < 1.29 is 9.90 Å². The molecule has 1 fully saturated rings. The smallest absolute Gasteiger partial charge is 0.220 e. The molecule has 2 rings (SSSR count). The quantitative estimate of drug-likeness (QED) is 0.792. The average molecular weight is 261 g/mol. The molecule has 0 saturated heterocycles. The summed E-state index contributed by atoms with van der Waals surface area (Å²) in [5.41, 5.74) is 1.18. The fourth-order valence-corrected chi connectivity index (χ4v) is 2.54. The van der Waals surface area contributed by atoms with Crippen LogP contribution >= 0.6 is 0 Å². The van der Waals surface area contributed by atoms with Gasteiger partial charge >= 0.3 is 0 Å². The van der Waals surface area contributed by atoms with Crippen molar-refractivity contribution in [3.05, 3.63) is 35.9 Å². The Labute approximate surface area is 115 Å². The molecular weight excluding hydrogens is 238 g/mol. The molecule has 1 unspecified atom stereocenters. The monoisotopic (exact) mass is 261 g/mol. The van der Waals surface area contributed by atoms with Crippen molar-refractivity contribution in [3.63, 3.8) is 0 Å². The van der Waals surface area contributed by atoms with E-state index in [1.54, 1.807) is 0 Å². The molecule has 0 radical (unpaired) electrons. The van der Waals surface area contributed by atoms with Gasteiger partial charge in [-0.15, -0.1) is 0 Å². The van der Waals surface area contributed by atoms with Gasteiger partial charge in [-0.25, -0.2) is 0 Å². The maximum atomic E-state index is 11.8. The van der Waals surface area contributed by atoms with Crippen LogP contribution in [0.2, 0.25) is 0 Å². The Morgan fingerprint density at radius 1 is 1.32 bits per heavy atom. The Morgan fingerprint density at radius 3 is 2.63 bits per heavy atom. The number of carbonyl (C=O) groups is 1. The summed E-state index contributed by atoms with van der Waals surface area (Å²) in [5, 5.41) is 12.2. The zero-order valence-corrected chi connectivity index (χ0v) is 11.3. The second-order valence-corrected chi connectivity index (χ2v) is 5.43. The van der Waals surface area contributed by atoms with Crippen LogP contribution in [0.1, 0.15) is 43.6 Å². The number of nitrogens with one attached hydrogen (secondary N) is 1. The summed E-state index contributed by atoms with van der Waals surface area (Å²) >= 11 is 0. The van der Waals surface area contributed by atoms with E-state index < -0.39 is 0 Å². The van der Waals surface area contributed by atoms with Crippen molar-refractivity contribution in [2.45, 2.75) is 38.0 Å². The molecule has 2 N–H and O–H groups in total. The molecule has 1 aromatic carbocycles. The molecule has 19 heavy (non-hydrogen) atoms. The minimum Gasteiger partial charge on any atom is -0.396 e. The number of rotatable bonds is 7. The number of aliphatic hydroxyl groups excluding tert-OH is 1. The second kappa shape index (κ2) is 7.29. The fraction of sp³-hybridized carbons (Fsp3) is 0.562. The first-order chi connectivity index (χ1) is 9.29. The lowest BCUT2D eigenvalue weighted by Gasteiger charge is -2.25. The van der Waals surface area contributed by atoms with Crippen molar-refractivity contribution in [3.8, 4) is 0 Å². The lowest BCUT2D eigenvalue weighted by Crippen LogP contribution is -2.31. The Bertz CT molecular complexity index is 387. The molecule has 3 nitrogen and oxygen atoms in total. The Kier molecular flexibility index (Phi) is 5.40. The van der Waals surface area contributed by atoms with Crippen LogP contribution < -0.4 is 5.32 Å². The van der Waals surface area contributed by atoms with Crippen LogP contribution in [0.15, 0.2) is 30.3 Å². The predicted octanol–water partition coefficient (Wildman–Crippen LogP) is 2.46. The Balaban J connectivity index is 1.81. The summed E-state index contributed by atoms with van der Waals surface area (Å²) in [6.45, 7) is 0.772. The van der Waals surface area contributed by atoms with Crippen molar-refractivity contribution in [2.24, 2.45) is 5.92 Å². The van der Waals surface area contributed by atoms with Crippen LogP contribution in [0.5, 0.6) is 0 Å². The molecule has 3 heteroatoms. The lowest BCUT2D eigenvalue weighted by atomic mass is 9.83. The van der Waals surface area contributed by atoms with E-state index in [2.05, 4.69) is 17.4 Å². The summed E-state index contributed by atoms with van der Waals surface area (Å²) in [5.74, 6) is 0.966. The molecule has 1 amide bonds. The van der Waals surface area contributed by atoms with Gasteiger partial charge in [0, 0.05) is 25.5 Å². The number of hydrogen-bond acceptors (Lipinski definition) is 2. The number of amides is 1.